The molecular formula is C17H11NO. The summed E-state index contributed by atoms with van der Waals surface area (Å²) in [4.78, 5) is 4.73. The summed E-state index contributed by atoms with van der Waals surface area (Å²) in [5.41, 5.74) is 3.39. The summed E-state index contributed by atoms with van der Waals surface area (Å²) < 4.78 is 5.63. The van der Waals surface area contributed by atoms with E-state index in [-0.39, 0.29) is 0 Å². The maximum atomic E-state index is 5.63. The summed E-state index contributed by atoms with van der Waals surface area (Å²) in [6, 6.07) is 12.3. The molecule has 0 amide bonds. The van der Waals surface area contributed by atoms with Gasteiger partial charge in [0.05, 0.1) is 17.3 Å². The fourth-order valence-electron chi connectivity index (χ4n) is 2.48. The monoisotopic (exact) mass is 245 g/mol. The van der Waals surface area contributed by atoms with Crippen LogP contribution in [0.5, 0.6) is 5.75 Å². The second-order valence-electron chi connectivity index (χ2n) is 4.50. The number of benzene rings is 2. The highest BCUT2D eigenvalue weighted by Crippen LogP contribution is 2.31. The Labute approximate surface area is 110 Å². The van der Waals surface area contributed by atoms with Gasteiger partial charge >= 0.3 is 0 Å². The fraction of sp³-hybridized carbons (Fsp3) is 0. The fourth-order valence-corrected chi connectivity index (χ4v) is 2.48. The van der Waals surface area contributed by atoms with Crippen LogP contribution in [0.4, 0.5) is 5.69 Å². The first-order valence-electron chi connectivity index (χ1n) is 6.25. The third-order valence-corrected chi connectivity index (χ3v) is 3.36. The van der Waals surface area contributed by atoms with Crippen LogP contribution in [-0.4, -0.2) is 0 Å². The Balaban J connectivity index is 2.10. The van der Waals surface area contributed by atoms with Gasteiger partial charge in [-0.25, -0.2) is 4.99 Å². The predicted octanol–water partition coefficient (Wildman–Crippen LogP) is 2.86. The van der Waals surface area contributed by atoms with Gasteiger partial charge in [-0.15, -0.1) is 0 Å². The molecule has 0 bridgehead atoms. The standard InChI is InChI=1S/C17H11NO/c1-2-7-14-16(19-11-5-1)10-9-13-12-6-3-4-8-15(12)18-17(13)14/h1-11H/b2-1?,11-5?,14-7+. The van der Waals surface area contributed by atoms with E-state index in [1.54, 1.807) is 6.26 Å². The predicted molar refractivity (Wildman–Crippen MR) is 75.7 cm³/mol. The number of ether oxygens (including phenoxy) is 1. The molecule has 0 fully saturated rings. The van der Waals surface area contributed by atoms with Crippen molar-refractivity contribution in [2.75, 3.05) is 0 Å². The van der Waals surface area contributed by atoms with Crippen LogP contribution < -0.4 is 15.3 Å². The van der Waals surface area contributed by atoms with Gasteiger partial charge in [0.1, 0.15) is 5.75 Å². The summed E-state index contributed by atoms with van der Waals surface area (Å²) in [5, 5.41) is 2.04. The van der Waals surface area contributed by atoms with E-state index in [9.17, 15) is 0 Å². The number of hydrogen-bond acceptors (Lipinski definition) is 2. The molecule has 19 heavy (non-hydrogen) atoms. The Morgan fingerprint density at radius 1 is 0.842 bits per heavy atom. The van der Waals surface area contributed by atoms with Crippen LogP contribution in [0.15, 0.2) is 65.9 Å². The lowest BCUT2D eigenvalue weighted by Crippen LogP contribution is -2.26. The molecule has 0 saturated carbocycles. The highest BCUT2D eigenvalue weighted by atomic mass is 16.5. The lowest BCUT2D eigenvalue weighted by atomic mass is 10.0. The summed E-state index contributed by atoms with van der Waals surface area (Å²) in [7, 11) is 0. The molecule has 0 radical (unpaired) electrons. The van der Waals surface area contributed by atoms with Crippen molar-refractivity contribution in [3.63, 3.8) is 0 Å². The summed E-state index contributed by atoms with van der Waals surface area (Å²) in [6.45, 7) is 0. The molecular weight excluding hydrogens is 234 g/mol. The third kappa shape index (κ3) is 1.54. The van der Waals surface area contributed by atoms with Crippen molar-refractivity contribution in [3.8, 4) is 16.9 Å². The van der Waals surface area contributed by atoms with Crippen molar-refractivity contribution in [1.82, 2.24) is 0 Å². The van der Waals surface area contributed by atoms with Gasteiger partial charge in [-0.1, -0.05) is 30.4 Å². The highest BCUT2D eigenvalue weighted by Gasteiger charge is 2.15. The number of para-hydroxylation sites is 1. The van der Waals surface area contributed by atoms with E-state index in [0.29, 0.717) is 0 Å². The summed E-state index contributed by atoms with van der Waals surface area (Å²) in [6.07, 6.45) is 9.57. The molecule has 0 N–H and O–H groups in total. The Morgan fingerprint density at radius 2 is 1.79 bits per heavy atom. The largest absolute Gasteiger partial charge is 0.464 e. The maximum absolute atomic E-state index is 5.63. The SMILES string of the molecule is C1=C/C=c2\c(ccc3c2=Nc2ccccc2-3)OC=C1. The van der Waals surface area contributed by atoms with Gasteiger partial charge in [-0.05, 0) is 30.4 Å². The van der Waals surface area contributed by atoms with E-state index in [1.165, 1.54) is 11.1 Å². The lowest BCUT2D eigenvalue weighted by Gasteiger charge is -2.04. The second-order valence-corrected chi connectivity index (χ2v) is 4.50. The number of hydrogen-bond donors (Lipinski definition) is 0. The minimum Gasteiger partial charge on any atom is -0.464 e. The van der Waals surface area contributed by atoms with Crippen molar-refractivity contribution in [2.24, 2.45) is 4.99 Å². The Kier molecular flexibility index (Phi) is 2.15. The number of rotatable bonds is 0. The van der Waals surface area contributed by atoms with Gasteiger partial charge in [0, 0.05) is 16.3 Å². The van der Waals surface area contributed by atoms with E-state index in [2.05, 4.69) is 12.1 Å². The quantitative estimate of drug-likeness (QED) is 0.597. The first-order valence-corrected chi connectivity index (χ1v) is 6.25. The molecule has 2 heteroatoms. The van der Waals surface area contributed by atoms with E-state index >= 15 is 0 Å². The van der Waals surface area contributed by atoms with Crippen LogP contribution in [0, 0.1) is 0 Å². The van der Waals surface area contributed by atoms with Crippen LogP contribution in [0.25, 0.3) is 17.2 Å². The van der Waals surface area contributed by atoms with Crippen LogP contribution in [0.1, 0.15) is 0 Å². The van der Waals surface area contributed by atoms with Gasteiger partial charge in [0.2, 0.25) is 0 Å². The third-order valence-electron chi connectivity index (χ3n) is 3.36. The second kappa shape index (κ2) is 3.95. The zero-order valence-corrected chi connectivity index (χ0v) is 10.2. The molecule has 0 atom stereocenters. The van der Waals surface area contributed by atoms with E-state index in [1.807, 2.05) is 48.6 Å². The molecule has 2 aromatic rings. The average Bonchev–Trinajstić information content (AvgIpc) is 2.77. The molecule has 2 aliphatic rings. The van der Waals surface area contributed by atoms with Gasteiger partial charge in [0.25, 0.3) is 0 Å². The van der Waals surface area contributed by atoms with Crippen molar-refractivity contribution >= 4 is 11.8 Å². The van der Waals surface area contributed by atoms with Crippen molar-refractivity contribution in [2.45, 2.75) is 0 Å². The Morgan fingerprint density at radius 3 is 2.79 bits per heavy atom. The van der Waals surface area contributed by atoms with Crippen molar-refractivity contribution in [3.05, 3.63) is 71.5 Å². The van der Waals surface area contributed by atoms with Crippen LogP contribution in [0.2, 0.25) is 0 Å². The van der Waals surface area contributed by atoms with Gasteiger partial charge in [-0.3, -0.25) is 0 Å². The zero-order chi connectivity index (χ0) is 12.7. The van der Waals surface area contributed by atoms with E-state index < -0.39 is 0 Å². The average molecular weight is 245 g/mol. The molecule has 2 aliphatic heterocycles. The molecule has 0 unspecified atom stereocenters. The van der Waals surface area contributed by atoms with Crippen LogP contribution in [0.3, 0.4) is 0 Å². The first kappa shape index (κ1) is 10.3. The van der Waals surface area contributed by atoms with Gasteiger partial charge < -0.3 is 4.74 Å². The molecule has 0 aromatic heterocycles. The molecule has 90 valence electrons. The molecule has 0 aliphatic carbocycles. The highest BCUT2D eigenvalue weighted by molar-refractivity contribution is 5.79. The molecule has 2 nitrogen and oxygen atoms in total. The van der Waals surface area contributed by atoms with Crippen molar-refractivity contribution < 1.29 is 4.74 Å². The minimum atomic E-state index is 0.843. The molecule has 2 heterocycles. The number of fused-ring (bicyclic) bond motifs is 5. The maximum Gasteiger partial charge on any atom is 0.135 e. The van der Waals surface area contributed by atoms with Crippen LogP contribution in [-0.2, 0) is 0 Å². The normalized spacial score (nSPS) is 15.9. The molecule has 0 saturated heterocycles. The Bertz CT molecular complexity index is 844. The van der Waals surface area contributed by atoms with Gasteiger partial charge in [-0.2, -0.15) is 0 Å². The topological polar surface area (TPSA) is 21.6 Å². The van der Waals surface area contributed by atoms with Crippen LogP contribution >= 0.6 is 0 Å². The minimum absolute atomic E-state index is 0.843. The number of allylic oxidation sites excluding steroid dienone is 3. The molecule has 4 rings (SSSR count). The smallest absolute Gasteiger partial charge is 0.135 e. The summed E-state index contributed by atoms with van der Waals surface area (Å²) >= 11 is 0. The molecule has 0 spiro atoms. The van der Waals surface area contributed by atoms with Crippen molar-refractivity contribution in [1.29, 1.82) is 0 Å². The Hall–Kier alpha value is -2.61. The summed E-state index contributed by atoms with van der Waals surface area (Å²) in [5.74, 6) is 0.843. The first-order chi connectivity index (χ1) is 9.43. The number of nitrogens with zero attached hydrogens (tertiary/aromatic N) is 1. The zero-order valence-electron chi connectivity index (χ0n) is 10.2. The lowest BCUT2D eigenvalue weighted by molar-refractivity contribution is 0.476. The molecule has 2 aromatic carbocycles. The van der Waals surface area contributed by atoms with Gasteiger partial charge in [0.15, 0.2) is 0 Å². The van der Waals surface area contributed by atoms with E-state index in [4.69, 9.17) is 9.73 Å². The van der Waals surface area contributed by atoms with E-state index in [0.717, 1.165) is 22.0 Å².